The molecule has 0 radical (unpaired) electrons. The zero-order chi connectivity index (χ0) is 13.4. The Kier molecular flexibility index (Phi) is 8.07. The molecule has 2 atom stereocenters. The van der Waals surface area contributed by atoms with Crippen LogP contribution in [0.3, 0.4) is 0 Å². The number of rotatable bonds is 8. The normalized spacial score (nSPS) is 21.6. The summed E-state index contributed by atoms with van der Waals surface area (Å²) in [6.45, 7) is 11.2. The van der Waals surface area contributed by atoms with Crippen LogP contribution in [0.25, 0.3) is 0 Å². The van der Waals surface area contributed by atoms with E-state index in [0.717, 1.165) is 20.2 Å². The van der Waals surface area contributed by atoms with Crippen LogP contribution in [-0.4, -0.2) is 48.8 Å². The van der Waals surface area contributed by atoms with Crippen molar-refractivity contribution in [3.8, 4) is 0 Å². The first kappa shape index (κ1) is 16.1. The van der Waals surface area contributed by atoms with Gasteiger partial charge in [0.15, 0.2) is 0 Å². The third-order valence-corrected chi connectivity index (χ3v) is 6.41. The first-order valence-corrected chi connectivity index (χ1v) is 9.18. The molecular formula is C12H22N3PS2. The minimum atomic E-state index is 0.674. The van der Waals surface area contributed by atoms with Crippen molar-refractivity contribution >= 4 is 38.8 Å². The van der Waals surface area contributed by atoms with E-state index < -0.39 is 0 Å². The number of nitrogens with one attached hydrogen (secondary N) is 1. The molecule has 0 amide bonds. The van der Waals surface area contributed by atoms with Crippen molar-refractivity contribution in [2.24, 2.45) is 4.99 Å². The molecule has 1 heterocycles. The first-order valence-electron chi connectivity index (χ1n) is 5.93. The highest BCUT2D eigenvalue weighted by molar-refractivity contribution is 8.22. The standard InChI is InChI=1S/C12H22N3PS2/c1-10(15-5-6-16-11(15)2)8-17-12(7-13-3)18-9-14-4/h7,11,14,16H,1,3,5-6,8-9H2,2,4H3/b12-7-. The van der Waals surface area contributed by atoms with E-state index in [9.17, 15) is 0 Å². The summed E-state index contributed by atoms with van der Waals surface area (Å²) in [4.78, 5) is 6.29. The Bertz CT molecular complexity index is 320. The maximum atomic E-state index is 4.21. The molecule has 1 N–H and O–H groups in total. The van der Waals surface area contributed by atoms with Crippen LogP contribution in [0, 0.1) is 0 Å². The van der Waals surface area contributed by atoms with Gasteiger partial charge in [-0.1, -0.05) is 15.2 Å². The Hall–Kier alpha value is 0.0400. The molecule has 102 valence electrons. The average molecular weight is 303 g/mol. The number of aliphatic imine (C=N–C) groups is 1. The maximum absolute atomic E-state index is 4.21. The second-order valence-electron chi connectivity index (χ2n) is 3.95. The van der Waals surface area contributed by atoms with E-state index >= 15 is 0 Å². The number of hydrogen-bond acceptors (Lipinski definition) is 5. The Morgan fingerprint density at radius 2 is 2.39 bits per heavy atom. The Morgan fingerprint density at radius 1 is 1.61 bits per heavy atom. The van der Waals surface area contributed by atoms with Gasteiger partial charge >= 0.3 is 0 Å². The van der Waals surface area contributed by atoms with Gasteiger partial charge in [0.05, 0.1) is 4.24 Å². The molecular weight excluding hydrogens is 281 g/mol. The van der Waals surface area contributed by atoms with Crippen LogP contribution in [0.15, 0.2) is 27.7 Å². The Labute approximate surface area is 121 Å². The Balaban J connectivity index is 2.39. The van der Waals surface area contributed by atoms with E-state index in [0.29, 0.717) is 5.78 Å². The van der Waals surface area contributed by atoms with Gasteiger partial charge in [-0.25, -0.2) is 0 Å². The highest BCUT2D eigenvalue weighted by Gasteiger charge is 2.21. The predicted octanol–water partition coefficient (Wildman–Crippen LogP) is 2.98. The summed E-state index contributed by atoms with van der Waals surface area (Å²) in [6.07, 6.45) is 3.14. The number of hydrogen-bond donors (Lipinski definition) is 1. The quantitative estimate of drug-likeness (QED) is 0.424. The number of nitrogens with zero attached hydrogens (tertiary/aromatic N) is 2. The summed E-state index contributed by atoms with van der Waals surface area (Å²) in [5, 5.41) is 3.12. The molecule has 0 bridgehead atoms. The molecule has 18 heavy (non-hydrogen) atoms. The lowest BCUT2D eigenvalue weighted by atomic mass is 10.4. The minimum Gasteiger partial charge on any atom is -0.368 e. The van der Waals surface area contributed by atoms with Crippen LogP contribution in [0.4, 0.5) is 0 Å². The summed E-state index contributed by atoms with van der Waals surface area (Å²) in [5.41, 5.74) is 1.23. The lowest BCUT2D eigenvalue weighted by Crippen LogP contribution is -2.25. The topological polar surface area (TPSA) is 27.6 Å². The van der Waals surface area contributed by atoms with Gasteiger partial charge in [-0.3, -0.25) is 4.99 Å². The molecule has 0 aromatic rings. The van der Waals surface area contributed by atoms with Gasteiger partial charge in [0.2, 0.25) is 0 Å². The average Bonchev–Trinajstić information content (AvgIpc) is 2.78. The summed E-state index contributed by atoms with van der Waals surface area (Å²) >= 11 is 3.55. The lowest BCUT2D eigenvalue weighted by Gasteiger charge is -2.25. The molecule has 1 rings (SSSR count). The third-order valence-electron chi connectivity index (χ3n) is 2.60. The predicted molar refractivity (Wildman–Crippen MR) is 90.1 cm³/mol. The van der Waals surface area contributed by atoms with Crippen molar-refractivity contribution in [2.45, 2.75) is 12.7 Å². The van der Waals surface area contributed by atoms with Gasteiger partial charge in [0, 0.05) is 35.9 Å². The summed E-state index contributed by atoms with van der Waals surface area (Å²) in [6, 6.07) is 0. The van der Waals surface area contributed by atoms with Crippen LogP contribution in [0.5, 0.6) is 0 Å². The van der Waals surface area contributed by atoms with Crippen molar-refractivity contribution in [1.82, 2.24) is 10.2 Å². The third kappa shape index (κ3) is 5.35. The van der Waals surface area contributed by atoms with E-state index in [1.807, 2.05) is 13.2 Å². The van der Waals surface area contributed by atoms with Crippen molar-refractivity contribution in [3.63, 3.8) is 0 Å². The molecule has 0 spiro atoms. The van der Waals surface area contributed by atoms with Gasteiger partial charge in [0.1, 0.15) is 0 Å². The van der Waals surface area contributed by atoms with E-state index in [1.165, 1.54) is 22.6 Å². The van der Waals surface area contributed by atoms with E-state index in [4.69, 9.17) is 0 Å². The van der Waals surface area contributed by atoms with Gasteiger partial charge in [-0.15, -0.1) is 23.5 Å². The van der Waals surface area contributed by atoms with Crippen LogP contribution in [-0.2, 0) is 0 Å². The van der Waals surface area contributed by atoms with Crippen molar-refractivity contribution < 1.29 is 0 Å². The number of thioether (sulfide) groups is 2. The molecule has 1 aliphatic heterocycles. The van der Waals surface area contributed by atoms with Gasteiger partial charge in [-0.2, -0.15) is 0 Å². The zero-order valence-electron chi connectivity index (χ0n) is 11.1. The summed E-state index contributed by atoms with van der Waals surface area (Å²) < 4.78 is 1.19. The van der Waals surface area contributed by atoms with Gasteiger partial charge in [0.25, 0.3) is 0 Å². The molecule has 2 unspecified atom stereocenters. The molecule has 1 saturated heterocycles. The highest BCUT2D eigenvalue weighted by Crippen LogP contribution is 2.35. The fourth-order valence-electron chi connectivity index (χ4n) is 1.70. The lowest BCUT2D eigenvalue weighted by molar-refractivity contribution is 0.381. The van der Waals surface area contributed by atoms with Gasteiger partial charge in [-0.05, 0) is 26.9 Å². The van der Waals surface area contributed by atoms with Gasteiger partial charge < -0.3 is 10.2 Å². The summed E-state index contributed by atoms with van der Waals surface area (Å²) in [7, 11) is 3.00. The molecule has 0 aliphatic carbocycles. The van der Waals surface area contributed by atoms with Crippen molar-refractivity contribution in [3.05, 3.63) is 22.7 Å². The Morgan fingerprint density at radius 3 is 2.94 bits per heavy atom. The zero-order valence-corrected chi connectivity index (χ0v) is 13.7. The largest absolute Gasteiger partial charge is 0.368 e. The van der Waals surface area contributed by atoms with E-state index in [-0.39, 0.29) is 0 Å². The molecule has 3 nitrogen and oxygen atoms in total. The van der Waals surface area contributed by atoms with Crippen molar-refractivity contribution in [1.29, 1.82) is 0 Å². The smallest absolute Gasteiger partial charge is 0.0601 e. The minimum absolute atomic E-state index is 0.674. The maximum Gasteiger partial charge on any atom is 0.0601 e. The van der Waals surface area contributed by atoms with Crippen LogP contribution >= 0.6 is 32.1 Å². The SMILES string of the molecule is C=N/C=C(\SCNC)SCC(=C)N1CCPC1C. The van der Waals surface area contributed by atoms with Crippen LogP contribution in [0.2, 0.25) is 0 Å². The first-order chi connectivity index (χ1) is 8.69. The molecule has 1 aliphatic rings. The second kappa shape index (κ2) is 9.03. The molecule has 0 saturated carbocycles. The fourth-order valence-corrected chi connectivity index (χ4v) is 4.77. The second-order valence-corrected chi connectivity index (χ2v) is 7.99. The van der Waals surface area contributed by atoms with Crippen molar-refractivity contribution in [2.75, 3.05) is 31.4 Å². The molecule has 1 fully saturated rings. The fraction of sp³-hybridized carbons (Fsp3) is 0.583. The van der Waals surface area contributed by atoms with Crippen LogP contribution < -0.4 is 5.32 Å². The van der Waals surface area contributed by atoms with E-state index in [1.54, 1.807) is 23.5 Å². The molecule has 0 aromatic carbocycles. The highest BCUT2D eigenvalue weighted by atomic mass is 32.2. The monoisotopic (exact) mass is 303 g/mol. The van der Waals surface area contributed by atoms with E-state index in [2.05, 4.69) is 35.4 Å². The molecule has 0 aromatic heterocycles. The van der Waals surface area contributed by atoms with Crippen LogP contribution in [0.1, 0.15) is 6.92 Å². The summed E-state index contributed by atoms with van der Waals surface area (Å²) in [5.74, 6) is 2.50. The molecule has 6 heteroatoms.